The Hall–Kier alpha value is -3.08. The lowest BCUT2D eigenvalue weighted by molar-refractivity contribution is -0.122. The van der Waals surface area contributed by atoms with Crippen molar-refractivity contribution >= 4 is 23.5 Å². The molecular weight excluding hydrogens is 396 g/mol. The van der Waals surface area contributed by atoms with Crippen molar-refractivity contribution in [3.63, 3.8) is 0 Å². The Labute approximate surface area is 190 Å². The average Bonchev–Trinajstić information content (AvgIpc) is 3.21. The fourth-order valence-corrected chi connectivity index (χ4v) is 5.14. The van der Waals surface area contributed by atoms with Crippen molar-refractivity contribution in [1.29, 1.82) is 5.41 Å². The standard InChI is InChI=1S/C27H32N4O/c1-2-7-27(32)31-25(19-8-4-3-5-9-19)15-20-11-12-21-16-26(22(17-28)14-24(20)21)30-23-10-6-13-29-18-23/h3-6,8-10,13,16-18,20,22,24-25,28H,2,7,11-12,14-15H2,1H3,(H,31,32). The number of fused-ring (bicyclic) bond motifs is 1. The molecular formula is C27H32N4O. The second-order valence-corrected chi connectivity index (χ2v) is 8.90. The minimum absolute atomic E-state index is 0.0226. The summed E-state index contributed by atoms with van der Waals surface area (Å²) < 4.78 is 0. The van der Waals surface area contributed by atoms with E-state index in [9.17, 15) is 4.79 Å². The normalized spacial score (nSPS) is 24.5. The quantitative estimate of drug-likeness (QED) is 0.519. The van der Waals surface area contributed by atoms with Crippen LogP contribution in [0.4, 0.5) is 5.69 Å². The molecule has 4 unspecified atom stereocenters. The number of hydrogen-bond acceptors (Lipinski definition) is 4. The molecule has 1 heterocycles. The van der Waals surface area contributed by atoms with Gasteiger partial charge in [0.1, 0.15) is 0 Å². The molecule has 1 aromatic heterocycles. The SMILES string of the molecule is CCCC(=O)NC(CC1CCC2=CC(=Nc3cccnc3)C(C=N)CC21)c1ccccc1. The number of nitrogens with zero attached hydrogens (tertiary/aromatic N) is 2. The molecule has 166 valence electrons. The Balaban J connectivity index is 1.54. The molecule has 4 atom stereocenters. The van der Waals surface area contributed by atoms with Crippen molar-refractivity contribution in [2.45, 2.75) is 51.5 Å². The molecule has 2 aliphatic carbocycles. The molecule has 0 bridgehead atoms. The van der Waals surface area contributed by atoms with E-state index in [0.717, 1.165) is 43.5 Å². The Kier molecular flexibility index (Phi) is 7.25. The van der Waals surface area contributed by atoms with Crippen LogP contribution in [0.5, 0.6) is 0 Å². The number of allylic oxidation sites excluding steroid dienone is 2. The number of aliphatic imine (C=N–C) groups is 1. The van der Waals surface area contributed by atoms with Crippen molar-refractivity contribution in [3.05, 3.63) is 72.1 Å². The number of benzene rings is 1. The van der Waals surface area contributed by atoms with Crippen molar-refractivity contribution < 1.29 is 4.79 Å². The second-order valence-electron chi connectivity index (χ2n) is 8.90. The Bertz CT molecular complexity index is 983. The lowest BCUT2D eigenvalue weighted by Crippen LogP contribution is -2.32. The minimum Gasteiger partial charge on any atom is -0.349 e. The monoisotopic (exact) mass is 428 g/mol. The first-order valence-corrected chi connectivity index (χ1v) is 11.7. The first kappa shape index (κ1) is 22.1. The molecule has 0 aliphatic heterocycles. The molecule has 4 rings (SSSR count). The molecule has 2 N–H and O–H groups in total. The molecule has 1 fully saturated rings. The van der Waals surface area contributed by atoms with E-state index < -0.39 is 0 Å². The Morgan fingerprint density at radius 1 is 1.28 bits per heavy atom. The van der Waals surface area contributed by atoms with Gasteiger partial charge in [0.2, 0.25) is 5.91 Å². The summed E-state index contributed by atoms with van der Waals surface area (Å²) in [5.74, 6) is 1.09. The average molecular weight is 429 g/mol. The third kappa shape index (κ3) is 5.21. The van der Waals surface area contributed by atoms with Crippen molar-refractivity contribution in [2.75, 3.05) is 0 Å². The van der Waals surface area contributed by atoms with Crippen molar-refractivity contribution in [3.8, 4) is 0 Å². The summed E-state index contributed by atoms with van der Waals surface area (Å²) in [7, 11) is 0. The maximum atomic E-state index is 12.4. The zero-order valence-corrected chi connectivity index (χ0v) is 18.7. The number of rotatable bonds is 8. The van der Waals surface area contributed by atoms with Gasteiger partial charge in [-0.2, -0.15) is 0 Å². The summed E-state index contributed by atoms with van der Waals surface area (Å²) in [6, 6.07) is 14.2. The first-order valence-electron chi connectivity index (χ1n) is 11.7. The predicted octanol–water partition coefficient (Wildman–Crippen LogP) is 5.82. The van der Waals surface area contributed by atoms with Crippen LogP contribution in [0.25, 0.3) is 0 Å². The van der Waals surface area contributed by atoms with Gasteiger partial charge in [0.15, 0.2) is 0 Å². The molecule has 32 heavy (non-hydrogen) atoms. The highest BCUT2D eigenvalue weighted by atomic mass is 16.1. The van der Waals surface area contributed by atoms with Gasteiger partial charge in [0.05, 0.1) is 17.9 Å². The van der Waals surface area contributed by atoms with Gasteiger partial charge in [0.25, 0.3) is 0 Å². The van der Waals surface area contributed by atoms with Crippen LogP contribution in [-0.4, -0.2) is 22.8 Å². The van der Waals surface area contributed by atoms with Gasteiger partial charge in [-0.15, -0.1) is 0 Å². The molecule has 1 amide bonds. The molecule has 0 radical (unpaired) electrons. The third-order valence-corrected chi connectivity index (χ3v) is 6.73. The molecule has 1 aromatic carbocycles. The maximum absolute atomic E-state index is 12.4. The topological polar surface area (TPSA) is 78.2 Å². The third-order valence-electron chi connectivity index (χ3n) is 6.73. The second kappa shape index (κ2) is 10.5. The van der Waals surface area contributed by atoms with E-state index in [1.807, 2.05) is 37.3 Å². The van der Waals surface area contributed by atoms with E-state index in [4.69, 9.17) is 10.4 Å². The number of hydrogen-bond donors (Lipinski definition) is 2. The van der Waals surface area contributed by atoms with Crippen LogP contribution in [0.15, 0.2) is 71.5 Å². The van der Waals surface area contributed by atoms with Crippen LogP contribution in [0.2, 0.25) is 0 Å². The largest absolute Gasteiger partial charge is 0.349 e. The zero-order valence-electron chi connectivity index (χ0n) is 18.7. The minimum atomic E-state index is 0.0226. The number of pyridine rings is 1. The van der Waals surface area contributed by atoms with E-state index in [1.54, 1.807) is 12.4 Å². The Morgan fingerprint density at radius 2 is 2.12 bits per heavy atom. The summed E-state index contributed by atoms with van der Waals surface area (Å²) in [5, 5.41) is 11.3. The van der Waals surface area contributed by atoms with Crippen LogP contribution >= 0.6 is 0 Å². The van der Waals surface area contributed by atoms with E-state index in [1.165, 1.54) is 17.4 Å². The number of nitrogens with one attached hydrogen (secondary N) is 2. The molecule has 2 aromatic rings. The van der Waals surface area contributed by atoms with Crippen LogP contribution in [0.1, 0.15) is 57.1 Å². The summed E-state index contributed by atoms with van der Waals surface area (Å²) in [6.07, 6.45) is 12.7. The van der Waals surface area contributed by atoms with Crippen LogP contribution in [0, 0.1) is 23.2 Å². The van der Waals surface area contributed by atoms with E-state index in [2.05, 4.69) is 28.5 Å². The fraction of sp³-hybridized carbons (Fsp3) is 0.407. The van der Waals surface area contributed by atoms with E-state index in [0.29, 0.717) is 18.3 Å². The molecule has 1 saturated carbocycles. The van der Waals surface area contributed by atoms with Crippen molar-refractivity contribution in [1.82, 2.24) is 10.3 Å². The first-order chi connectivity index (χ1) is 15.7. The Morgan fingerprint density at radius 3 is 2.84 bits per heavy atom. The van der Waals surface area contributed by atoms with Crippen LogP contribution in [-0.2, 0) is 4.79 Å². The van der Waals surface area contributed by atoms with Gasteiger partial charge < -0.3 is 10.7 Å². The molecule has 0 saturated heterocycles. The van der Waals surface area contributed by atoms with E-state index >= 15 is 0 Å². The number of carbonyl (C=O) groups is 1. The van der Waals surface area contributed by atoms with Gasteiger partial charge >= 0.3 is 0 Å². The lowest BCUT2D eigenvalue weighted by atomic mass is 9.76. The predicted molar refractivity (Wildman–Crippen MR) is 129 cm³/mol. The highest BCUT2D eigenvalue weighted by Gasteiger charge is 2.38. The number of aromatic nitrogens is 1. The number of carbonyl (C=O) groups excluding carboxylic acids is 1. The summed E-state index contributed by atoms with van der Waals surface area (Å²) in [5.41, 5.74) is 4.42. The van der Waals surface area contributed by atoms with Gasteiger partial charge in [-0.05, 0) is 67.7 Å². The molecule has 5 nitrogen and oxygen atoms in total. The van der Waals surface area contributed by atoms with Crippen LogP contribution in [0.3, 0.4) is 0 Å². The lowest BCUT2D eigenvalue weighted by Gasteiger charge is -2.31. The van der Waals surface area contributed by atoms with Gasteiger partial charge in [-0.3, -0.25) is 14.8 Å². The summed E-state index contributed by atoms with van der Waals surface area (Å²) in [6.45, 7) is 2.04. The smallest absolute Gasteiger partial charge is 0.220 e. The fourth-order valence-electron chi connectivity index (χ4n) is 5.14. The van der Waals surface area contributed by atoms with Crippen molar-refractivity contribution in [2.24, 2.45) is 22.7 Å². The molecule has 2 aliphatic rings. The molecule has 5 heteroatoms. The van der Waals surface area contributed by atoms with Gasteiger partial charge in [0, 0.05) is 30.5 Å². The highest BCUT2D eigenvalue weighted by Crippen LogP contribution is 2.47. The number of amides is 1. The highest BCUT2D eigenvalue weighted by molar-refractivity contribution is 6.07. The molecule has 0 spiro atoms. The van der Waals surface area contributed by atoms with Crippen LogP contribution < -0.4 is 5.32 Å². The van der Waals surface area contributed by atoms with Gasteiger partial charge in [-0.1, -0.05) is 42.8 Å². The summed E-state index contributed by atoms with van der Waals surface area (Å²) >= 11 is 0. The van der Waals surface area contributed by atoms with E-state index in [-0.39, 0.29) is 17.9 Å². The maximum Gasteiger partial charge on any atom is 0.220 e. The zero-order chi connectivity index (χ0) is 22.3. The summed E-state index contributed by atoms with van der Waals surface area (Å²) in [4.78, 5) is 21.4. The van der Waals surface area contributed by atoms with Gasteiger partial charge in [-0.25, -0.2) is 0 Å².